The Morgan fingerprint density at radius 2 is 1.95 bits per heavy atom. The second-order valence-corrected chi connectivity index (χ2v) is 4.77. The third kappa shape index (κ3) is 4.44. The summed E-state index contributed by atoms with van der Waals surface area (Å²) in [6.45, 7) is 4.71. The van der Waals surface area contributed by atoms with Gasteiger partial charge in [0.2, 0.25) is 0 Å². The first-order chi connectivity index (χ1) is 9.72. The molecule has 0 heterocycles. The van der Waals surface area contributed by atoms with E-state index in [-0.39, 0.29) is 5.69 Å². The number of anilines is 1. The fraction of sp³-hybridized carbons (Fsp3) is 0.385. The number of urea groups is 1. The summed E-state index contributed by atoms with van der Waals surface area (Å²) in [7, 11) is 0. The molecule has 1 rings (SSSR count). The number of carbonyl (C=O) groups is 2. The van der Waals surface area contributed by atoms with E-state index >= 15 is 0 Å². The molecule has 0 saturated carbocycles. The molecule has 0 saturated heterocycles. The molecule has 0 aromatic heterocycles. The highest BCUT2D eigenvalue weighted by atomic mass is 16.6. The number of nitro groups is 1. The van der Waals surface area contributed by atoms with Crippen molar-refractivity contribution < 1.29 is 19.6 Å². The second-order valence-electron chi connectivity index (χ2n) is 4.77. The molecule has 1 aromatic rings. The Morgan fingerprint density at radius 1 is 1.33 bits per heavy atom. The molecule has 0 aliphatic carbocycles. The molecular formula is C13H17N3O5. The third-order valence-corrected chi connectivity index (χ3v) is 3.17. The molecule has 0 fully saturated rings. The lowest BCUT2D eigenvalue weighted by Crippen LogP contribution is -2.42. The zero-order valence-corrected chi connectivity index (χ0v) is 11.9. The van der Waals surface area contributed by atoms with E-state index in [0.29, 0.717) is 11.3 Å². The van der Waals surface area contributed by atoms with Gasteiger partial charge in [0, 0.05) is 23.9 Å². The van der Waals surface area contributed by atoms with Crippen LogP contribution in [0.1, 0.15) is 19.4 Å². The van der Waals surface area contributed by atoms with E-state index in [1.54, 1.807) is 13.8 Å². The van der Waals surface area contributed by atoms with Gasteiger partial charge in [-0.05, 0) is 32.4 Å². The molecule has 0 aliphatic rings. The molecule has 0 radical (unpaired) electrons. The van der Waals surface area contributed by atoms with Gasteiger partial charge in [-0.1, -0.05) is 0 Å². The average molecular weight is 295 g/mol. The van der Waals surface area contributed by atoms with Gasteiger partial charge in [-0.25, -0.2) is 4.79 Å². The number of carbonyl (C=O) groups excluding carboxylic acids is 1. The van der Waals surface area contributed by atoms with Gasteiger partial charge in [-0.2, -0.15) is 0 Å². The first-order valence-corrected chi connectivity index (χ1v) is 6.27. The van der Waals surface area contributed by atoms with Crippen LogP contribution in [-0.4, -0.2) is 28.1 Å². The average Bonchev–Trinajstić information content (AvgIpc) is 2.39. The number of aryl methyl sites for hydroxylation is 1. The number of carboxylic acid groups (broad SMARTS) is 1. The number of rotatable bonds is 5. The zero-order chi connectivity index (χ0) is 16.2. The summed E-state index contributed by atoms with van der Waals surface area (Å²) in [5.41, 5.74) is 0.901. The van der Waals surface area contributed by atoms with Crippen molar-refractivity contribution in [3.05, 3.63) is 33.9 Å². The molecule has 8 heteroatoms. The van der Waals surface area contributed by atoms with Gasteiger partial charge in [-0.15, -0.1) is 0 Å². The van der Waals surface area contributed by atoms with Crippen molar-refractivity contribution >= 4 is 23.4 Å². The van der Waals surface area contributed by atoms with Crippen LogP contribution in [0.4, 0.5) is 16.2 Å². The monoisotopic (exact) mass is 295 g/mol. The van der Waals surface area contributed by atoms with E-state index in [2.05, 4.69) is 10.6 Å². The standard InChI is InChI=1S/C13H17N3O5/c1-7-6-10(16(20)21)4-5-11(7)15-13(19)14-9(3)8(2)12(17)18/h4-6,8-9H,1-3H3,(H,17,18)(H2,14,15,19). The molecule has 21 heavy (non-hydrogen) atoms. The second kappa shape index (κ2) is 6.69. The normalized spacial score (nSPS) is 13.1. The first kappa shape index (κ1) is 16.4. The Bertz CT molecular complexity index is 573. The van der Waals surface area contributed by atoms with Crippen LogP contribution in [0, 0.1) is 23.0 Å². The van der Waals surface area contributed by atoms with Crippen molar-refractivity contribution in [2.24, 2.45) is 5.92 Å². The van der Waals surface area contributed by atoms with E-state index in [9.17, 15) is 19.7 Å². The molecule has 2 unspecified atom stereocenters. The lowest BCUT2D eigenvalue weighted by atomic mass is 10.0. The molecule has 2 atom stereocenters. The summed E-state index contributed by atoms with van der Waals surface area (Å²) < 4.78 is 0. The van der Waals surface area contributed by atoms with Crippen LogP contribution in [0.5, 0.6) is 0 Å². The highest BCUT2D eigenvalue weighted by Gasteiger charge is 2.21. The Balaban J connectivity index is 2.71. The minimum absolute atomic E-state index is 0.0636. The maximum Gasteiger partial charge on any atom is 0.319 e. The van der Waals surface area contributed by atoms with Crippen LogP contribution < -0.4 is 10.6 Å². The Hall–Kier alpha value is -2.64. The van der Waals surface area contributed by atoms with Gasteiger partial charge in [-0.3, -0.25) is 14.9 Å². The number of nitro benzene ring substituents is 1. The van der Waals surface area contributed by atoms with Gasteiger partial charge < -0.3 is 15.7 Å². The summed E-state index contributed by atoms with van der Waals surface area (Å²) in [5.74, 6) is -1.73. The molecule has 1 aromatic carbocycles. The number of hydrogen-bond acceptors (Lipinski definition) is 4. The van der Waals surface area contributed by atoms with Crippen molar-refractivity contribution in [1.82, 2.24) is 5.32 Å². The lowest BCUT2D eigenvalue weighted by Gasteiger charge is -2.18. The number of non-ortho nitro benzene ring substituents is 1. The van der Waals surface area contributed by atoms with Gasteiger partial charge in [0.1, 0.15) is 0 Å². The molecule has 3 N–H and O–H groups in total. The van der Waals surface area contributed by atoms with Crippen LogP contribution in [0.3, 0.4) is 0 Å². The Labute approximate surface area is 121 Å². The van der Waals surface area contributed by atoms with Gasteiger partial charge in [0.25, 0.3) is 5.69 Å². The summed E-state index contributed by atoms with van der Waals surface area (Å²) >= 11 is 0. The molecule has 0 bridgehead atoms. The minimum atomic E-state index is -1.01. The SMILES string of the molecule is Cc1cc([N+](=O)[O-])ccc1NC(=O)NC(C)C(C)C(=O)O. The van der Waals surface area contributed by atoms with E-state index in [1.807, 2.05) is 0 Å². The van der Waals surface area contributed by atoms with E-state index in [1.165, 1.54) is 25.1 Å². The van der Waals surface area contributed by atoms with Crippen molar-refractivity contribution in [1.29, 1.82) is 0 Å². The van der Waals surface area contributed by atoms with E-state index in [4.69, 9.17) is 5.11 Å². The quantitative estimate of drug-likeness (QED) is 0.567. The van der Waals surface area contributed by atoms with Crippen molar-refractivity contribution in [3.63, 3.8) is 0 Å². The number of nitrogens with zero attached hydrogens (tertiary/aromatic N) is 1. The summed E-state index contributed by atoms with van der Waals surface area (Å²) in [4.78, 5) is 32.7. The summed E-state index contributed by atoms with van der Waals surface area (Å²) in [6, 6.07) is 2.94. The van der Waals surface area contributed by atoms with Crippen molar-refractivity contribution in [2.75, 3.05) is 5.32 Å². The Morgan fingerprint density at radius 3 is 2.43 bits per heavy atom. The third-order valence-electron chi connectivity index (χ3n) is 3.17. The number of nitrogens with one attached hydrogen (secondary N) is 2. The fourth-order valence-electron chi connectivity index (χ4n) is 1.61. The minimum Gasteiger partial charge on any atom is -0.481 e. The predicted octanol–water partition coefficient (Wildman–Crippen LogP) is 2.13. The summed E-state index contributed by atoms with van der Waals surface area (Å²) in [5, 5.41) is 24.5. The zero-order valence-electron chi connectivity index (χ0n) is 11.9. The van der Waals surface area contributed by atoms with Gasteiger partial charge in [0.05, 0.1) is 10.8 Å². The van der Waals surface area contributed by atoms with E-state index < -0.39 is 28.9 Å². The fourth-order valence-corrected chi connectivity index (χ4v) is 1.61. The Kier molecular flexibility index (Phi) is 5.23. The summed E-state index contributed by atoms with van der Waals surface area (Å²) in [6.07, 6.45) is 0. The number of carboxylic acids is 1. The molecular weight excluding hydrogens is 278 g/mol. The number of aliphatic carboxylic acids is 1. The molecule has 2 amide bonds. The molecule has 114 valence electrons. The van der Waals surface area contributed by atoms with Crippen LogP contribution in [0.15, 0.2) is 18.2 Å². The van der Waals surface area contributed by atoms with Crippen LogP contribution in [0.2, 0.25) is 0 Å². The topological polar surface area (TPSA) is 122 Å². The first-order valence-electron chi connectivity index (χ1n) is 6.27. The lowest BCUT2D eigenvalue weighted by molar-refractivity contribution is -0.384. The number of hydrogen-bond donors (Lipinski definition) is 3. The molecule has 0 spiro atoms. The highest BCUT2D eigenvalue weighted by molar-refractivity contribution is 5.90. The molecule has 0 aliphatic heterocycles. The number of amides is 2. The van der Waals surface area contributed by atoms with Crippen LogP contribution in [-0.2, 0) is 4.79 Å². The van der Waals surface area contributed by atoms with Crippen LogP contribution in [0.25, 0.3) is 0 Å². The van der Waals surface area contributed by atoms with Crippen LogP contribution >= 0.6 is 0 Å². The predicted molar refractivity (Wildman–Crippen MR) is 76.2 cm³/mol. The largest absolute Gasteiger partial charge is 0.481 e. The van der Waals surface area contributed by atoms with Gasteiger partial charge >= 0.3 is 12.0 Å². The maximum absolute atomic E-state index is 11.8. The van der Waals surface area contributed by atoms with E-state index in [0.717, 1.165) is 0 Å². The van der Waals surface area contributed by atoms with Gasteiger partial charge in [0.15, 0.2) is 0 Å². The smallest absolute Gasteiger partial charge is 0.319 e. The van der Waals surface area contributed by atoms with Crippen molar-refractivity contribution in [3.8, 4) is 0 Å². The number of benzene rings is 1. The molecule has 8 nitrogen and oxygen atoms in total. The van der Waals surface area contributed by atoms with Crippen molar-refractivity contribution in [2.45, 2.75) is 26.8 Å². The maximum atomic E-state index is 11.8. The highest BCUT2D eigenvalue weighted by Crippen LogP contribution is 2.21.